The Morgan fingerprint density at radius 1 is 1.21 bits per heavy atom. The Hall–Kier alpha value is -1.03. The summed E-state index contributed by atoms with van der Waals surface area (Å²) in [6.07, 6.45) is 7.44. The second-order valence-electron chi connectivity index (χ2n) is 6.03. The third kappa shape index (κ3) is 2.78. The molecule has 3 rings (SSSR count). The van der Waals surface area contributed by atoms with Gasteiger partial charge in [0, 0.05) is 32.7 Å². The van der Waals surface area contributed by atoms with Crippen LogP contribution >= 0.6 is 0 Å². The van der Waals surface area contributed by atoms with Gasteiger partial charge >= 0.3 is 6.09 Å². The molecule has 3 aliphatic rings. The summed E-state index contributed by atoms with van der Waals surface area (Å²) in [7, 11) is 0. The number of carbonyl (C=O) groups excluding carboxylic acids is 1. The summed E-state index contributed by atoms with van der Waals surface area (Å²) in [6, 6.07) is 0. The van der Waals surface area contributed by atoms with Crippen molar-refractivity contribution in [2.24, 2.45) is 17.8 Å². The lowest BCUT2D eigenvalue weighted by Crippen LogP contribution is -2.50. The fourth-order valence-corrected chi connectivity index (χ4v) is 3.76. The molecule has 0 aromatic rings. The number of fused-ring (bicyclic) bond motifs is 2. The molecule has 0 unspecified atom stereocenters. The molecule has 0 radical (unpaired) electrons. The molecule has 19 heavy (non-hydrogen) atoms. The zero-order valence-corrected chi connectivity index (χ0v) is 11.8. The number of hydrogen-bond acceptors (Lipinski definition) is 3. The number of amides is 1. The van der Waals surface area contributed by atoms with Crippen LogP contribution in [0.25, 0.3) is 0 Å². The third-order valence-corrected chi connectivity index (χ3v) is 4.81. The Kier molecular flexibility index (Phi) is 3.78. The maximum Gasteiger partial charge on any atom is 0.409 e. The van der Waals surface area contributed by atoms with E-state index in [1.54, 1.807) is 0 Å². The van der Waals surface area contributed by atoms with Crippen molar-refractivity contribution < 1.29 is 9.53 Å². The van der Waals surface area contributed by atoms with E-state index in [-0.39, 0.29) is 6.09 Å². The molecule has 3 atom stereocenters. The van der Waals surface area contributed by atoms with Gasteiger partial charge in [0.15, 0.2) is 0 Å². The van der Waals surface area contributed by atoms with Crippen LogP contribution in [0, 0.1) is 17.8 Å². The van der Waals surface area contributed by atoms with Gasteiger partial charge in [-0.2, -0.15) is 0 Å². The highest BCUT2D eigenvalue weighted by Gasteiger charge is 2.36. The molecule has 0 aromatic carbocycles. The van der Waals surface area contributed by atoms with Crippen LogP contribution in [0.15, 0.2) is 12.2 Å². The summed E-state index contributed by atoms with van der Waals surface area (Å²) in [5, 5.41) is 0. The summed E-state index contributed by atoms with van der Waals surface area (Å²) < 4.78 is 5.05. The van der Waals surface area contributed by atoms with Crippen molar-refractivity contribution in [2.45, 2.75) is 19.8 Å². The van der Waals surface area contributed by atoms with Crippen LogP contribution in [0.4, 0.5) is 4.79 Å². The highest BCUT2D eigenvalue weighted by molar-refractivity contribution is 5.67. The minimum atomic E-state index is -0.148. The molecule has 106 valence electrons. The summed E-state index contributed by atoms with van der Waals surface area (Å²) >= 11 is 0. The molecule has 0 N–H and O–H groups in total. The quantitative estimate of drug-likeness (QED) is 0.731. The molecule has 1 amide bonds. The fraction of sp³-hybridized carbons (Fsp3) is 0.800. The second kappa shape index (κ2) is 5.53. The first-order chi connectivity index (χ1) is 9.26. The molecule has 2 fully saturated rings. The van der Waals surface area contributed by atoms with Crippen molar-refractivity contribution in [3.8, 4) is 0 Å². The molecule has 1 saturated heterocycles. The molecular weight excluding hydrogens is 240 g/mol. The van der Waals surface area contributed by atoms with Crippen LogP contribution in [0.3, 0.4) is 0 Å². The van der Waals surface area contributed by atoms with Crippen molar-refractivity contribution >= 4 is 6.09 Å². The molecule has 0 aromatic heterocycles. The van der Waals surface area contributed by atoms with Gasteiger partial charge < -0.3 is 9.64 Å². The Labute approximate surface area is 115 Å². The van der Waals surface area contributed by atoms with Crippen LogP contribution in [0.2, 0.25) is 0 Å². The first-order valence-electron chi connectivity index (χ1n) is 7.58. The number of hydrogen-bond donors (Lipinski definition) is 0. The van der Waals surface area contributed by atoms with Crippen LogP contribution in [-0.2, 0) is 4.74 Å². The van der Waals surface area contributed by atoms with Crippen molar-refractivity contribution in [2.75, 3.05) is 39.3 Å². The summed E-state index contributed by atoms with van der Waals surface area (Å²) in [6.45, 7) is 7.16. The van der Waals surface area contributed by atoms with Gasteiger partial charge in [-0.05, 0) is 37.5 Å². The normalized spacial score (nSPS) is 33.9. The minimum absolute atomic E-state index is 0.148. The van der Waals surface area contributed by atoms with E-state index in [2.05, 4.69) is 17.1 Å². The lowest BCUT2D eigenvalue weighted by atomic mass is 9.93. The van der Waals surface area contributed by atoms with Crippen LogP contribution in [0.1, 0.15) is 19.8 Å². The van der Waals surface area contributed by atoms with Crippen molar-refractivity contribution in [3.63, 3.8) is 0 Å². The van der Waals surface area contributed by atoms with E-state index in [1.807, 2.05) is 11.8 Å². The molecule has 1 aliphatic heterocycles. The first kappa shape index (κ1) is 13.0. The predicted octanol–water partition coefficient (Wildman–Crippen LogP) is 1.97. The van der Waals surface area contributed by atoms with Crippen LogP contribution in [-0.4, -0.2) is 55.2 Å². The van der Waals surface area contributed by atoms with Crippen LogP contribution in [0.5, 0.6) is 0 Å². The van der Waals surface area contributed by atoms with Crippen molar-refractivity contribution in [1.29, 1.82) is 0 Å². The monoisotopic (exact) mass is 264 g/mol. The Bertz CT molecular complexity index is 361. The zero-order chi connectivity index (χ0) is 13.2. The van der Waals surface area contributed by atoms with Gasteiger partial charge in [0.25, 0.3) is 0 Å². The molecule has 4 nitrogen and oxygen atoms in total. The summed E-state index contributed by atoms with van der Waals surface area (Å²) in [5.41, 5.74) is 0. The molecule has 1 saturated carbocycles. The zero-order valence-electron chi connectivity index (χ0n) is 11.8. The lowest BCUT2D eigenvalue weighted by molar-refractivity contribution is 0.0738. The smallest absolute Gasteiger partial charge is 0.409 e. The maximum atomic E-state index is 11.6. The molecule has 2 aliphatic carbocycles. The standard InChI is InChI=1S/C15H24N2O2/c1-2-19-15(18)17-7-5-16(6-8-17)11-14-10-12-3-4-13(14)9-12/h3-4,12-14H,2,5-11H2,1H3/t12-,13+,14+/m1/s1. The molecule has 2 bridgehead atoms. The molecule has 4 heteroatoms. The number of carbonyl (C=O) groups is 1. The average molecular weight is 264 g/mol. The van der Waals surface area contributed by atoms with E-state index in [4.69, 9.17) is 4.74 Å². The average Bonchev–Trinajstić information content (AvgIpc) is 3.02. The maximum absolute atomic E-state index is 11.6. The lowest BCUT2D eigenvalue weighted by Gasteiger charge is -2.36. The number of nitrogens with zero attached hydrogens (tertiary/aromatic N) is 2. The predicted molar refractivity (Wildman–Crippen MR) is 73.9 cm³/mol. The summed E-state index contributed by atoms with van der Waals surface area (Å²) in [5.74, 6) is 2.54. The van der Waals surface area contributed by atoms with Gasteiger partial charge in [0.05, 0.1) is 6.61 Å². The number of allylic oxidation sites excluding steroid dienone is 2. The molecule has 0 spiro atoms. The third-order valence-electron chi connectivity index (χ3n) is 4.81. The minimum Gasteiger partial charge on any atom is -0.450 e. The SMILES string of the molecule is CCOC(=O)N1CCN(C[C@@H]2C[C@@H]3C=C[C@H]2C3)CC1. The van der Waals surface area contributed by atoms with E-state index in [0.717, 1.165) is 43.9 Å². The number of ether oxygens (including phenoxy) is 1. The van der Waals surface area contributed by atoms with Gasteiger partial charge in [-0.25, -0.2) is 4.79 Å². The second-order valence-corrected chi connectivity index (χ2v) is 6.03. The largest absolute Gasteiger partial charge is 0.450 e. The summed E-state index contributed by atoms with van der Waals surface area (Å²) in [4.78, 5) is 16.0. The number of rotatable bonds is 3. The van der Waals surface area contributed by atoms with E-state index >= 15 is 0 Å². The van der Waals surface area contributed by atoms with Crippen molar-refractivity contribution in [1.82, 2.24) is 9.80 Å². The van der Waals surface area contributed by atoms with Gasteiger partial charge in [0.2, 0.25) is 0 Å². The molecule has 1 heterocycles. The molecular formula is C15H24N2O2. The fourth-order valence-electron chi connectivity index (χ4n) is 3.76. The van der Waals surface area contributed by atoms with Crippen LogP contribution < -0.4 is 0 Å². The Morgan fingerprint density at radius 2 is 2.00 bits per heavy atom. The topological polar surface area (TPSA) is 32.8 Å². The van der Waals surface area contributed by atoms with E-state index in [9.17, 15) is 4.79 Å². The number of piperazine rings is 1. The van der Waals surface area contributed by atoms with Gasteiger partial charge in [-0.15, -0.1) is 0 Å². The van der Waals surface area contributed by atoms with E-state index < -0.39 is 0 Å². The first-order valence-corrected chi connectivity index (χ1v) is 7.58. The van der Waals surface area contributed by atoms with Gasteiger partial charge in [-0.1, -0.05) is 12.2 Å². The van der Waals surface area contributed by atoms with E-state index in [1.165, 1.54) is 19.4 Å². The van der Waals surface area contributed by atoms with Gasteiger partial charge in [0.1, 0.15) is 0 Å². The van der Waals surface area contributed by atoms with Crippen molar-refractivity contribution in [3.05, 3.63) is 12.2 Å². The highest BCUT2D eigenvalue weighted by atomic mass is 16.6. The van der Waals surface area contributed by atoms with Gasteiger partial charge in [-0.3, -0.25) is 4.90 Å². The Morgan fingerprint density at radius 3 is 2.58 bits per heavy atom. The van der Waals surface area contributed by atoms with E-state index in [0.29, 0.717) is 6.61 Å². The highest BCUT2D eigenvalue weighted by Crippen LogP contribution is 2.43. The Balaban J connectivity index is 1.43.